The molecule has 0 saturated carbocycles. The molecule has 1 amide bonds. The van der Waals surface area contributed by atoms with Crippen molar-refractivity contribution in [1.82, 2.24) is 9.62 Å². The zero-order valence-corrected chi connectivity index (χ0v) is 16.6. The molecule has 1 aromatic heterocycles. The van der Waals surface area contributed by atoms with E-state index >= 15 is 0 Å². The summed E-state index contributed by atoms with van der Waals surface area (Å²) in [6.07, 6.45) is 1.41. The van der Waals surface area contributed by atoms with Crippen LogP contribution in [-0.2, 0) is 14.8 Å². The van der Waals surface area contributed by atoms with E-state index in [9.17, 15) is 13.2 Å². The highest BCUT2D eigenvalue weighted by atomic mass is 32.2. The number of rotatable bonds is 5. The second kappa shape index (κ2) is 7.90. The molecule has 7 heteroatoms. The molecule has 1 aromatic carbocycles. The van der Waals surface area contributed by atoms with Gasteiger partial charge in [0.15, 0.2) is 0 Å². The van der Waals surface area contributed by atoms with Gasteiger partial charge in [-0.15, -0.1) is 11.3 Å². The van der Waals surface area contributed by atoms with E-state index in [0.717, 1.165) is 5.56 Å². The summed E-state index contributed by atoms with van der Waals surface area (Å²) < 4.78 is 27.2. The highest BCUT2D eigenvalue weighted by Gasteiger charge is 2.34. The summed E-state index contributed by atoms with van der Waals surface area (Å²) in [4.78, 5) is 12.7. The highest BCUT2D eigenvalue weighted by Crippen LogP contribution is 2.27. The molecule has 2 atom stereocenters. The Hall–Kier alpha value is -1.70. The van der Waals surface area contributed by atoms with Gasteiger partial charge in [-0.05, 0) is 43.7 Å². The van der Waals surface area contributed by atoms with Gasteiger partial charge in [-0.2, -0.15) is 4.31 Å². The standard InChI is InChI=1S/C19H24N2O3S2/c1-14-7-9-16(10-8-14)15(2)20-19(22)17-5-3-11-21(13-17)26(23,24)18-6-4-12-25-18/h4,6-10,12,15,17H,3,5,11,13H2,1-2H3,(H,20,22)/t15-,17-/m1/s1. The normalized spacial score (nSPS) is 19.8. The van der Waals surface area contributed by atoms with E-state index in [1.807, 2.05) is 38.1 Å². The Kier molecular flexibility index (Phi) is 5.79. The first kappa shape index (κ1) is 19.1. The number of nitrogens with one attached hydrogen (secondary N) is 1. The first-order valence-corrected chi connectivity index (χ1v) is 11.1. The summed E-state index contributed by atoms with van der Waals surface area (Å²) in [6.45, 7) is 4.69. The molecule has 2 aromatic rings. The Morgan fingerprint density at radius 3 is 2.65 bits per heavy atom. The molecular weight excluding hydrogens is 368 g/mol. The Morgan fingerprint density at radius 1 is 1.27 bits per heavy atom. The molecule has 0 spiro atoms. The first-order chi connectivity index (χ1) is 12.4. The van der Waals surface area contributed by atoms with Gasteiger partial charge in [0, 0.05) is 13.1 Å². The van der Waals surface area contributed by atoms with Crippen molar-refractivity contribution in [3.63, 3.8) is 0 Å². The molecular formula is C19H24N2O3S2. The van der Waals surface area contributed by atoms with E-state index in [0.29, 0.717) is 23.6 Å². The Morgan fingerprint density at radius 2 is 2.00 bits per heavy atom. The molecule has 0 unspecified atom stereocenters. The van der Waals surface area contributed by atoms with Gasteiger partial charge in [-0.25, -0.2) is 8.42 Å². The molecule has 1 aliphatic heterocycles. The van der Waals surface area contributed by atoms with Crippen LogP contribution >= 0.6 is 11.3 Å². The fourth-order valence-corrected chi connectivity index (χ4v) is 5.85. The average Bonchev–Trinajstić information content (AvgIpc) is 3.18. The summed E-state index contributed by atoms with van der Waals surface area (Å²) in [5.74, 6) is -0.393. The molecule has 0 bridgehead atoms. The molecule has 5 nitrogen and oxygen atoms in total. The average molecular weight is 393 g/mol. The number of nitrogens with zero attached hydrogens (tertiary/aromatic N) is 1. The summed E-state index contributed by atoms with van der Waals surface area (Å²) >= 11 is 1.21. The van der Waals surface area contributed by atoms with E-state index in [4.69, 9.17) is 0 Å². The van der Waals surface area contributed by atoms with E-state index < -0.39 is 10.0 Å². The van der Waals surface area contributed by atoms with Crippen LogP contribution in [0.25, 0.3) is 0 Å². The molecule has 1 aliphatic rings. The van der Waals surface area contributed by atoms with Gasteiger partial charge in [-0.1, -0.05) is 35.9 Å². The van der Waals surface area contributed by atoms with Crippen LogP contribution in [0.4, 0.5) is 0 Å². The van der Waals surface area contributed by atoms with Crippen LogP contribution in [0.3, 0.4) is 0 Å². The van der Waals surface area contributed by atoms with Crippen molar-refractivity contribution in [1.29, 1.82) is 0 Å². The third kappa shape index (κ3) is 4.16. The van der Waals surface area contributed by atoms with E-state index in [2.05, 4.69) is 5.32 Å². The zero-order valence-electron chi connectivity index (χ0n) is 15.0. The lowest BCUT2D eigenvalue weighted by atomic mass is 9.97. The van der Waals surface area contributed by atoms with Crippen molar-refractivity contribution in [3.05, 3.63) is 52.9 Å². The SMILES string of the molecule is Cc1ccc([C@@H](C)NC(=O)[C@@H]2CCCN(S(=O)(=O)c3cccs3)C2)cc1. The van der Waals surface area contributed by atoms with Crippen molar-refractivity contribution in [2.24, 2.45) is 5.92 Å². The summed E-state index contributed by atoms with van der Waals surface area (Å²) in [7, 11) is -3.50. The fraction of sp³-hybridized carbons (Fsp3) is 0.421. The molecule has 0 aliphatic carbocycles. The van der Waals surface area contributed by atoms with Gasteiger partial charge in [0.1, 0.15) is 4.21 Å². The summed E-state index contributed by atoms with van der Waals surface area (Å²) in [6, 6.07) is 11.3. The zero-order chi connectivity index (χ0) is 18.7. The molecule has 3 rings (SSSR count). The minimum atomic E-state index is -3.50. The number of aryl methyl sites for hydroxylation is 1. The molecule has 140 valence electrons. The lowest BCUT2D eigenvalue weighted by molar-refractivity contribution is -0.126. The molecule has 1 saturated heterocycles. The molecule has 0 radical (unpaired) electrons. The maximum atomic E-state index is 12.7. The maximum absolute atomic E-state index is 12.7. The molecule has 2 heterocycles. The summed E-state index contributed by atoms with van der Waals surface area (Å²) in [5.41, 5.74) is 2.22. The number of hydrogen-bond acceptors (Lipinski definition) is 4. The van der Waals surface area contributed by atoms with Crippen molar-refractivity contribution in [2.45, 2.75) is 36.9 Å². The van der Waals surface area contributed by atoms with E-state index in [-0.39, 0.29) is 24.4 Å². The number of piperidine rings is 1. The number of sulfonamides is 1. The second-order valence-corrected chi connectivity index (χ2v) is 9.89. The van der Waals surface area contributed by atoms with Crippen molar-refractivity contribution >= 4 is 27.3 Å². The number of amides is 1. The van der Waals surface area contributed by atoms with Crippen LogP contribution in [0, 0.1) is 12.8 Å². The van der Waals surface area contributed by atoms with Gasteiger partial charge >= 0.3 is 0 Å². The number of carbonyl (C=O) groups excluding carboxylic acids is 1. The van der Waals surface area contributed by atoms with Crippen LogP contribution in [0.5, 0.6) is 0 Å². The monoisotopic (exact) mass is 392 g/mol. The van der Waals surface area contributed by atoms with Crippen molar-refractivity contribution < 1.29 is 13.2 Å². The predicted octanol–water partition coefficient (Wildman–Crippen LogP) is 3.33. The maximum Gasteiger partial charge on any atom is 0.252 e. The number of benzene rings is 1. The Labute approximate surface area is 159 Å². The lowest BCUT2D eigenvalue weighted by Gasteiger charge is -2.31. The van der Waals surface area contributed by atoms with Crippen LogP contribution in [0.15, 0.2) is 46.0 Å². The third-order valence-corrected chi connectivity index (χ3v) is 8.02. The van der Waals surface area contributed by atoms with E-state index in [1.54, 1.807) is 17.5 Å². The summed E-state index contributed by atoms with van der Waals surface area (Å²) in [5, 5.41) is 4.79. The van der Waals surface area contributed by atoms with Crippen molar-refractivity contribution in [3.8, 4) is 0 Å². The lowest BCUT2D eigenvalue weighted by Crippen LogP contribution is -2.45. The van der Waals surface area contributed by atoms with E-state index in [1.165, 1.54) is 21.2 Å². The Bertz CT molecular complexity index is 845. The van der Waals surface area contributed by atoms with Gasteiger partial charge in [-0.3, -0.25) is 4.79 Å². The van der Waals surface area contributed by atoms with Crippen LogP contribution in [0.2, 0.25) is 0 Å². The quantitative estimate of drug-likeness (QED) is 0.849. The molecule has 1 fully saturated rings. The fourth-order valence-electron chi connectivity index (χ4n) is 3.18. The van der Waals surface area contributed by atoms with Gasteiger partial charge < -0.3 is 5.32 Å². The first-order valence-electron chi connectivity index (χ1n) is 8.78. The molecule has 1 N–H and O–H groups in total. The van der Waals surface area contributed by atoms with Crippen LogP contribution in [-0.4, -0.2) is 31.7 Å². The third-order valence-electron chi connectivity index (χ3n) is 4.78. The minimum Gasteiger partial charge on any atom is -0.349 e. The van der Waals surface area contributed by atoms with Crippen molar-refractivity contribution in [2.75, 3.05) is 13.1 Å². The van der Waals surface area contributed by atoms with Gasteiger partial charge in [0.05, 0.1) is 12.0 Å². The number of thiophene rings is 1. The van der Waals surface area contributed by atoms with Gasteiger partial charge in [0.25, 0.3) is 10.0 Å². The smallest absolute Gasteiger partial charge is 0.252 e. The highest BCUT2D eigenvalue weighted by molar-refractivity contribution is 7.91. The Balaban J connectivity index is 1.65. The van der Waals surface area contributed by atoms with Crippen LogP contribution < -0.4 is 5.32 Å². The largest absolute Gasteiger partial charge is 0.349 e. The minimum absolute atomic E-state index is 0.0795. The predicted molar refractivity (Wildman–Crippen MR) is 104 cm³/mol. The van der Waals surface area contributed by atoms with Gasteiger partial charge in [0.2, 0.25) is 5.91 Å². The molecule has 26 heavy (non-hydrogen) atoms. The number of carbonyl (C=O) groups is 1. The van der Waals surface area contributed by atoms with Crippen LogP contribution in [0.1, 0.15) is 36.9 Å². The topological polar surface area (TPSA) is 66.5 Å². The number of hydrogen-bond donors (Lipinski definition) is 1. The second-order valence-electron chi connectivity index (χ2n) is 6.78.